The van der Waals surface area contributed by atoms with Crippen LogP contribution < -0.4 is 11.0 Å². The van der Waals surface area contributed by atoms with Gasteiger partial charge in [0.15, 0.2) is 0 Å². The van der Waals surface area contributed by atoms with Gasteiger partial charge >= 0.3 is 5.69 Å². The number of fused-ring (bicyclic) bond motifs is 1. The Bertz CT molecular complexity index is 892. The molecule has 7 heteroatoms. The van der Waals surface area contributed by atoms with Crippen molar-refractivity contribution in [1.29, 1.82) is 0 Å². The highest BCUT2D eigenvalue weighted by atomic mass is 32.2. The van der Waals surface area contributed by atoms with Crippen LogP contribution in [0.25, 0.3) is 0 Å². The van der Waals surface area contributed by atoms with Gasteiger partial charge in [0.05, 0.1) is 18.9 Å². The number of anilines is 1. The number of carbonyl (C=O) groups excluding carboxylic acids is 1. The lowest BCUT2D eigenvalue weighted by molar-refractivity contribution is -0.113. The normalized spacial score (nSPS) is 12.9. The van der Waals surface area contributed by atoms with Gasteiger partial charge in [-0.2, -0.15) is 4.98 Å². The minimum absolute atomic E-state index is 0.0845. The van der Waals surface area contributed by atoms with Gasteiger partial charge in [-0.3, -0.25) is 9.36 Å². The number of nitrogens with one attached hydrogen (secondary N) is 1. The van der Waals surface area contributed by atoms with Crippen LogP contribution in [-0.2, 0) is 24.2 Å². The number of nitrogens with zero attached hydrogens (tertiary/aromatic N) is 2. The fraction of sp³-hybridized carbons (Fsp3) is 0.421. The molecule has 26 heavy (non-hydrogen) atoms. The summed E-state index contributed by atoms with van der Waals surface area (Å²) in [6, 6.07) is 5.89. The van der Waals surface area contributed by atoms with E-state index < -0.39 is 0 Å². The van der Waals surface area contributed by atoms with E-state index in [0.29, 0.717) is 5.03 Å². The molecule has 1 aliphatic rings. The molecule has 0 saturated carbocycles. The minimum atomic E-state index is -0.350. The number of amides is 1. The highest BCUT2D eigenvalue weighted by molar-refractivity contribution is 8.00. The first kappa shape index (κ1) is 18.7. The third-order valence-electron chi connectivity index (χ3n) is 4.52. The molecule has 1 aromatic carbocycles. The number of aryl methyl sites for hydroxylation is 2. The van der Waals surface area contributed by atoms with E-state index in [0.717, 1.165) is 47.3 Å². The van der Waals surface area contributed by atoms with E-state index in [4.69, 9.17) is 5.11 Å². The standard InChI is InChI=1S/C19H23N3O3S/c1-12-6-7-15(13(2)10-12)20-17(24)11-26-18-14-4-3-5-16(14)22(8-9-23)19(25)21-18/h6-7,10,23H,3-5,8-9,11H2,1-2H3,(H,20,24). The molecule has 1 heterocycles. The quantitative estimate of drug-likeness (QED) is 0.598. The average Bonchev–Trinajstić information content (AvgIpc) is 3.08. The number of rotatable bonds is 6. The summed E-state index contributed by atoms with van der Waals surface area (Å²) in [6.45, 7) is 4.16. The van der Waals surface area contributed by atoms with Gasteiger partial charge in [0.25, 0.3) is 0 Å². The van der Waals surface area contributed by atoms with Crippen molar-refractivity contribution >= 4 is 23.4 Å². The van der Waals surface area contributed by atoms with Crippen molar-refractivity contribution in [3.63, 3.8) is 0 Å². The van der Waals surface area contributed by atoms with Gasteiger partial charge < -0.3 is 10.4 Å². The molecule has 0 aliphatic heterocycles. The van der Waals surface area contributed by atoms with Crippen LogP contribution in [0.3, 0.4) is 0 Å². The fourth-order valence-corrected chi connectivity index (χ4v) is 4.19. The van der Waals surface area contributed by atoms with Gasteiger partial charge in [-0.25, -0.2) is 4.79 Å². The number of hydrogen-bond acceptors (Lipinski definition) is 5. The molecule has 0 atom stereocenters. The number of hydrogen-bond donors (Lipinski definition) is 2. The van der Waals surface area contributed by atoms with Crippen LogP contribution in [0.1, 0.15) is 28.8 Å². The van der Waals surface area contributed by atoms with Crippen molar-refractivity contribution in [2.24, 2.45) is 0 Å². The summed E-state index contributed by atoms with van der Waals surface area (Å²) in [5.74, 6) is 0.0889. The smallest absolute Gasteiger partial charge is 0.348 e. The molecule has 0 unspecified atom stereocenters. The summed E-state index contributed by atoms with van der Waals surface area (Å²) in [5.41, 5.74) is 4.63. The van der Waals surface area contributed by atoms with Gasteiger partial charge in [0.1, 0.15) is 5.03 Å². The van der Waals surface area contributed by atoms with Crippen molar-refractivity contribution in [2.75, 3.05) is 17.7 Å². The largest absolute Gasteiger partial charge is 0.395 e. The molecule has 0 fully saturated rings. The van der Waals surface area contributed by atoms with Crippen molar-refractivity contribution in [3.8, 4) is 0 Å². The number of carbonyl (C=O) groups is 1. The van der Waals surface area contributed by atoms with Crippen LogP contribution in [-0.4, -0.2) is 32.9 Å². The average molecular weight is 373 g/mol. The zero-order valence-electron chi connectivity index (χ0n) is 15.0. The van der Waals surface area contributed by atoms with E-state index in [2.05, 4.69) is 10.3 Å². The first-order chi connectivity index (χ1) is 12.5. The van der Waals surface area contributed by atoms with E-state index in [9.17, 15) is 9.59 Å². The van der Waals surface area contributed by atoms with Crippen molar-refractivity contribution in [2.45, 2.75) is 44.7 Å². The molecule has 2 aromatic rings. The summed E-state index contributed by atoms with van der Waals surface area (Å²) in [7, 11) is 0. The van der Waals surface area contributed by atoms with Crippen LogP contribution in [0.5, 0.6) is 0 Å². The Kier molecular flexibility index (Phi) is 5.78. The summed E-state index contributed by atoms with van der Waals surface area (Å²) in [6.07, 6.45) is 2.64. The van der Waals surface area contributed by atoms with Crippen LogP contribution in [0, 0.1) is 13.8 Å². The molecule has 0 saturated heterocycles. The Labute approximate surface area is 156 Å². The summed E-state index contributed by atoms with van der Waals surface area (Å²) in [4.78, 5) is 28.7. The number of aromatic nitrogens is 2. The fourth-order valence-electron chi connectivity index (χ4n) is 3.31. The first-order valence-electron chi connectivity index (χ1n) is 8.73. The van der Waals surface area contributed by atoms with Gasteiger partial charge in [-0.15, -0.1) is 0 Å². The molecule has 6 nitrogen and oxygen atoms in total. The lowest BCUT2D eigenvalue weighted by atomic mass is 10.1. The number of aliphatic hydroxyl groups is 1. The minimum Gasteiger partial charge on any atom is -0.395 e. The molecule has 1 amide bonds. The lowest BCUT2D eigenvalue weighted by Crippen LogP contribution is -2.28. The summed E-state index contributed by atoms with van der Waals surface area (Å²) in [5, 5.41) is 12.7. The van der Waals surface area contributed by atoms with E-state index >= 15 is 0 Å². The summed E-state index contributed by atoms with van der Waals surface area (Å²) >= 11 is 1.30. The monoisotopic (exact) mass is 373 g/mol. The third-order valence-corrected chi connectivity index (χ3v) is 5.54. The van der Waals surface area contributed by atoms with E-state index in [1.54, 1.807) is 4.57 Å². The number of aliphatic hydroxyl groups excluding tert-OH is 1. The molecule has 2 N–H and O–H groups in total. The molecular formula is C19H23N3O3S. The molecule has 0 radical (unpaired) electrons. The van der Waals surface area contributed by atoms with Crippen molar-refractivity contribution in [3.05, 3.63) is 51.1 Å². The Hall–Kier alpha value is -2.12. The second-order valence-electron chi connectivity index (χ2n) is 6.51. The molecule has 138 valence electrons. The zero-order chi connectivity index (χ0) is 18.7. The second kappa shape index (κ2) is 8.05. The maximum Gasteiger partial charge on any atom is 0.348 e. The number of thioether (sulfide) groups is 1. The third kappa shape index (κ3) is 3.99. The second-order valence-corrected chi connectivity index (χ2v) is 7.47. The topological polar surface area (TPSA) is 84.2 Å². The summed E-state index contributed by atoms with van der Waals surface area (Å²) < 4.78 is 1.56. The molecule has 3 rings (SSSR count). The van der Waals surface area contributed by atoms with Crippen molar-refractivity contribution in [1.82, 2.24) is 9.55 Å². The van der Waals surface area contributed by atoms with Crippen LogP contribution in [0.2, 0.25) is 0 Å². The molecule has 0 bridgehead atoms. The predicted molar refractivity (Wildman–Crippen MR) is 103 cm³/mol. The maximum atomic E-state index is 12.3. The van der Waals surface area contributed by atoms with Crippen LogP contribution in [0.4, 0.5) is 5.69 Å². The Morgan fingerprint density at radius 1 is 1.35 bits per heavy atom. The maximum absolute atomic E-state index is 12.3. The molecule has 1 aliphatic carbocycles. The molecule has 1 aromatic heterocycles. The zero-order valence-corrected chi connectivity index (χ0v) is 15.9. The Balaban J connectivity index is 1.72. The highest BCUT2D eigenvalue weighted by Gasteiger charge is 2.22. The van der Waals surface area contributed by atoms with Gasteiger partial charge in [0, 0.05) is 16.9 Å². The van der Waals surface area contributed by atoms with Gasteiger partial charge in [-0.1, -0.05) is 29.5 Å². The molecule has 0 spiro atoms. The van der Waals surface area contributed by atoms with E-state index in [1.165, 1.54) is 11.8 Å². The highest BCUT2D eigenvalue weighted by Crippen LogP contribution is 2.29. The first-order valence-corrected chi connectivity index (χ1v) is 9.71. The Morgan fingerprint density at radius 3 is 2.88 bits per heavy atom. The number of benzene rings is 1. The van der Waals surface area contributed by atoms with Crippen molar-refractivity contribution < 1.29 is 9.90 Å². The molecular weight excluding hydrogens is 350 g/mol. The van der Waals surface area contributed by atoms with Crippen LogP contribution >= 0.6 is 11.8 Å². The van der Waals surface area contributed by atoms with Gasteiger partial charge in [0.2, 0.25) is 5.91 Å². The van der Waals surface area contributed by atoms with E-state index in [1.807, 2.05) is 32.0 Å². The van der Waals surface area contributed by atoms with Gasteiger partial charge in [-0.05, 0) is 44.7 Å². The van der Waals surface area contributed by atoms with E-state index in [-0.39, 0.29) is 30.5 Å². The lowest BCUT2D eigenvalue weighted by Gasteiger charge is -2.13. The SMILES string of the molecule is Cc1ccc(NC(=O)CSc2nc(=O)n(CCO)c3c2CCC3)c(C)c1. The van der Waals surface area contributed by atoms with Crippen LogP contribution in [0.15, 0.2) is 28.0 Å². The Morgan fingerprint density at radius 2 is 2.15 bits per heavy atom. The predicted octanol–water partition coefficient (Wildman–Crippen LogP) is 2.07.